The van der Waals surface area contributed by atoms with Crippen molar-refractivity contribution < 1.29 is 0 Å². The van der Waals surface area contributed by atoms with Crippen LogP contribution in [-0.2, 0) is 5.41 Å². The van der Waals surface area contributed by atoms with Crippen molar-refractivity contribution >= 4 is 10.9 Å². The number of aryl methyl sites for hydroxylation is 4. The number of rotatable bonds is 0. The number of fused-ring (bicyclic) bond motifs is 1. The number of nitrogens with zero attached hydrogens (tertiary/aromatic N) is 2. The standard InChI is InChI=1S/C17H24N2/c1-9-10(2)15(17(6,7)8)12(4)16-14(9)11(3)13(5)18-19-16/h1-8H3. The molecule has 0 spiro atoms. The van der Waals surface area contributed by atoms with E-state index in [4.69, 9.17) is 0 Å². The molecule has 1 aromatic heterocycles. The van der Waals surface area contributed by atoms with Gasteiger partial charge in [0.05, 0.1) is 11.2 Å². The molecule has 2 heteroatoms. The zero-order valence-electron chi connectivity index (χ0n) is 13.4. The second-order valence-corrected chi connectivity index (χ2v) is 6.63. The molecule has 102 valence electrons. The molecular formula is C17H24N2. The molecule has 0 amide bonds. The molecule has 2 rings (SSSR count). The van der Waals surface area contributed by atoms with Crippen LogP contribution in [-0.4, -0.2) is 10.2 Å². The molecule has 2 aromatic rings. The molecule has 0 unspecified atom stereocenters. The molecule has 0 atom stereocenters. The van der Waals surface area contributed by atoms with Gasteiger partial charge < -0.3 is 0 Å². The minimum atomic E-state index is 0.133. The minimum Gasteiger partial charge on any atom is -0.155 e. The van der Waals surface area contributed by atoms with Crippen molar-refractivity contribution in [1.82, 2.24) is 10.2 Å². The van der Waals surface area contributed by atoms with Gasteiger partial charge in [0.25, 0.3) is 0 Å². The first-order valence-electron chi connectivity index (χ1n) is 6.90. The number of aromatic nitrogens is 2. The van der Waals surface area contributed by atoms with E-state index in [-0.39, 0.29) is 5.41 Å². The van der Waals surface area contributed by atoms with Gasteiger partial charge in [-0.05, 0) is 67.9 Å². The van der Waals surface area contributed by atoms with E-state index in [1.54, 1.807) is 0 Å². The average molecular weight is 256 g/mol. The van der Waals surface area contributed by atoms with Crippen LogP contribution >= 0.6 is 0 Å². The molecule has 0 radical (unpaired) electrons. The Balaban J connectivity index is 3.05. The van der Waals surface area contributed by atoms with Crippen molar-refractivity contribution in [2.75, 3.05) is 0 Å². The Hall–Kier alpha value is -1.44. The van der Waals surface area contributed by atoms with Crippen LogP contribution in [0.3, 0.4) is 0 Å². The molecule has 2 nitrogen and oxygen atoms in total. The quantitative estimate of drug-likeness (QED) is 0.695. The minimum absolute atomic E-state index is 0.133. The van der Waals surface area contributed by atoms with Gasteiger partial charge in [-0.2, -0.15) is 5.10 Å². The lowest BCUT2D eigenvalue weighted by Gasteiger charge is -2.27. The summed E-state index contributed by atoms with van der Waals surface area (Å²) in [6.07, 6.45) is 0. The maximum absolute atomic E-state index is 4.47. The molecule has 0 aliphatic rings. The highest BCUT2D eigenvalue weighted by Gasteiger charge is 2.23. The van der Waals surface area contributed by atoms with Crippen LogP contribution in [0, 0.1) is 34.6 Å². The summed E-state index contributed by atoms with van der Waals surface area (Å²) in [5, 5.41) is 10.1. The van der Waals surface area contributed by atoms with Gasteiger partial charge in [-0.3, -0.25) is 0 Å². The lowest BCUT2D eigenvalue weighted by atomic mass is 9.78. The van der Waals surface area contributed by atoms with Gasteiger partial charge in [0.15, 0.2) is 0 Å². The number of hydrogen-bond acceptors (Lipinski definition) is 2. The van der Waals surface area contributed by atoms with Crippen molar-refractivity contribution in [2.24, 2.45) is 0 Å². The molecule has 0 fully saturated rings. The highest BCUT2D eigenvalue weighted by atomic mass is 15.1. The molecule has 0 aliphatic heterocycles. The Kier molecular flexibility index (Phi) is 3.16. The first kappa shape index (κ1) is 14.0. The lowest BCUT2D eigenvalue weighted by molar-refractivity contribution is 0.582. The molecule has 0 saturated carbocycles. The zero-order valence-corrected chi connectivity index (χ0v) is 13.4. The summed E-state index contributed by atoms with van der Waals surface area (Å²) in [6.45, 7) is 17.6. The second kappa shape index (κ2) is 4.29. The predicted octanol–water partition coefficient (Wildman–Crippen LogP) is 4.47. The Morgan fingerprint density at radius 2 is 1.26 bits per heavy atom. The lowest BCUT2D eigenvalue weighted by Crippen LogP contribution is -2.17. The van der Waals surface area contributed by atoms with Gasteiger partial charge in [0.2, 0.25) is 0 Å². The summed E-state index contributed by atoms with van der Waals surface area (Å²) in [5.41, 5.74) is 8.92. The molecule has 19 heavy (non-hydrogen) atoms. The molecule has 1 heterocycles. The van der Waals surface area contributed by atoms with E-state index < -0.39 is 0 Å². The highest BCUT2D eigenvalue weighted by Crippen LogP contribution is 2.36. The summed E-state index contributed by atoms with van der Waals surface area (Å²) >= 11 is 0. The van der Waals surface area contributed by atoms with E-state index >= 15 is 0 Å². The van der Waals surface area contributed by atoms with Crippen molar-refractivity contribution in [3.05, 3.63) is 33.5 Å². The Labute approximate surface area is 116 Å². The smallest absolute Gasteiger partial charge is 0.0967 e. The summed E-state index contributed by atoms with van der Waals surface area (Å²) < 4.78 is 0. The molecule has 1 aromatic carbocycles. The first-order valence-corrected chi connectivity index (χ1v) is 6.90. The van der Waals surface area contributed by atoms with Crippen LogP contribution in [0.5, 0.6) is 0 Å². The topological polar surface area (TPSA) is 25.8 Å². The van der Waals surface area contributed by atoms with Gasteiger partial charge in [0, 0.05) is 5.39 Å². The van der Waals surface area contributed by atoms with Crippen molar-refractivity contribution in [2.45, 2.75) is 60.8 Å². The normalized spacial score (nSPS) is 12.2. The third-order valence-electron chi connectivity index (χ3n) is 4.25. The highest BCUT2D eigenvalue weighted by molar-refractivity contribution is 5.90. The van der Waals surface area contributed by atoms with E-state index in [0.717, 1.165) is 11.2 Å². The van der Waals surface area contributed by atoms with Crippen LogP contribution in [0.2, 0.25) is 0 Å². The van der Waals surface area contributed by atoms with E-state index in [2.05, 4.69) is 58.7 Å². The summed E-state index contributed by atoms with van der Waals surface area (Å²) in [4.78, 5) is 0. The van der Waals surface area contributed by atoms with Crippen molar-refractivity contribution in [3.8, 4) is 0 Å². The fourth-order valence-electron chi connectivity index (χ4n) is 3.23. The van der Waals surface area contributed by atoms with Crippen LogP contribution in [0.1, 0.15) is 54.3 Å². The summed E-state index contributed by atoms with van der Waals surface area (Å²) in [7, 11) is 0. The van der Waals surface area contributed by atoms with Crippen LogP contribution < -0.4 is 0 Å². The van der Waals surface area contributed by atoms with Gasteiger partial charge >= 0.3 is 0 Å². The Bertz CT molecular complexity index is 661. The molecule has 0 aliphatic carbocycles. The second-order valence-electron chi connectivity index (χ2n) is 6.63. The van der Waals surface area contributed by atoms with E-state index in [9.17, 15) is 0 Å². The molecule has 0 saturated heterocycles. The molecular weight excluding hydrogens is 232 g/mol. The predicted molar refractivity (Wildman–Crippen MR) is 81.9 cm³/mol. The van der Waals surface area contributed by atoms with E-state index in [0.29, 0.717) is 0 Å². The third-order valence-corrected chi connectivity index (χ3v) is 4.25. The zero-order chi connectivity index (χ0) is 14.5. The maximum atomic E-state index is 4.47. The fourth-order valence-corrected chi connectivity index (χ4v) is 3.23. The van der Waals surface area contributed by atoms with Gasteiger partial charge in [0.1, 0.15) is 0 Å². The third kappa shape index (κ3) is 2.03. The SMILES string of the molecule is Cc1nnc2c(C)c(C(C)(C)C)c(C)c(C)c2c1C. The monoisotopic (exact) mass is 256 g/mol. The van der Waals surface area contributed by atoms with E-state index in [1.165, 1.54) is 33.2 Å². The maximum Gasteiger partial charge on any atom is 0.0967 e. The fraction of sp³-hybridized carbons (Fsp3) is 0.529. The van der Waals surface area contributed by atoms with Crippen molar-refractivity contribution in [3.63, 3.8) is 0 Å². The molecule has 0 bridgehead atoms. The summed E-state index contributed by atoms with van der Waals surface area (Å²) in [5.74, 6) is 0. The van der Waals surface area contributed by atoms with Crippen LogP contribution in [0.15, 0.2) is 0 Å². The van der Waals surface area contributed by atoms with Crippen LogP contribution in [0.25, 0.3) is 10.9 Å². The van der Waals surface area contributed by atoms with Crippen LogP contribution in [0.4, 0.5) is 0 Å². The Morgan fingerprint density at radius 3 is 1.79 bits per heavy atom. The van der Waals surface area contributed by atoms with Gasteiger partial charge in [-0.15, -0.1) is 5.10 Å². The number of hydrogen-bond donors (Lipinski definition) is 0. The Morgan fingerprint density at radius 1 is 0.684 bits per heavy atom. The van der Waals surface area contributed by atoms with Gasteiger partial charge in [-0.1, -0.05) is 20.8 Å². The number of benzene rings is 1. The van der Waals surface area contributed by atoms with Crippen molar-refractivity contribution in [1.29, 1.82) is 0 Å². The largest absolute Gasteiger partial charge is 0.155 e. The van der Waals surface area contributed by atoms with Gasteiger partial charge in [-0.25, -0.2) is 0 Å². The molecule has 0 N–H and O–H groups in total. The first-order chi connectivity index (χ1) is 8.66. The summed E-state index contributed by atoms with van der Waals surface area (Å²) in [6, 6.07) is 0. The van der Waals surface area contributed by atoms with E-state index in [1.807, 2.05) is 6.92 Å². The average Bonchev–Trinajstić information content (AvgIpc) is 2.28.